The summed E-state index contributed by atoms with van der Waals surface area (Å²) in [7, 11) is 0. The Morgan fingerprint density at radius 1 is 1.48 bits per heavy atom. The van der Waals surface area contributed by atoms with Crippen LogP contribution in [0.2, 0.25) is 0 Å². The van der Waals surface area contributed by atoms with Gasteiger partial charge in [0.05, 0.1) is 12.1 Å². The predicted octanol–water partition coefficient (Wildman–Crippen LogP) is 2.94. The monoisotopic (exact) mass is 306 g/mol. The first-order chi connectivity index (χ1) is 9.93. The third-order valence-electron chi connectivity index (χ3n) is 3.56. The van der Waals surface area contributed by atoms with E-state index in [1.807, 2.05) is 6.92 Å². The van der Waals surface area contributed by atoms with Crippen LogP contribution in [0.15, 0.2) is 0 Å². The number of aromatic carboxylic acids is 1. The van der Waals surface area contributed by atoms with Crippen LogP contribution in [0, 0.1) is 32.1 Å². The Kier molecular flexibility index (Phi) is 4.53. The maximum absolute atomic E-state index is 12.3. The Hall–Kier alpha value is -2.00. The largest absolute Gasteiger partial charge is 0.478 e. The highest BCUT2D eigenvalue weighted by atomic mass is 32.1. The normalized spacial score (nSPS) is 13.6. The van der Waals surface area contributed by atoms with E-state index in [1.54, 1.807) is 11.8 Å². The summed E-state index contributed by atoms with van der Waals surface area (Å²) in [4.78, 5) is 26.1. The zero-order valence-electron chi connectivity index (χ0n) is 12.1. The van der Waals surface area contributed by atoms with Gasteiger partial charge in [-0.1, -0.05) is 5.92 Å². The minimum Gasteiger partial charge on any atom is -0.478 e. The number of carboxylic acids is 1. The van der Waals surface area contributed by atoms with Crippen molar-refractivity contribution < 1.29 is 14.7 Å². The Balaban J connectivity index is 2.15. The van der Waals surface area contributed by atoms with Crippen LogP contribution in [0.3, 0.4) is 0 Å². The van der Waals surface area contributed by atoms with E-state index >= 15 is 0 Å². The second-order valence-electron chi connectivity index (χ2n) is 5.25. The first-order valence-electron chi connectivity index (χ1n) is 6.76. The highest BCUT2D eigenvalue weighted by Gasteiger charge is 2.28. The molecule has 1 saturated carbocycles. The number of anilines is 1. The second-order valence-corrected chi connectivity index (χ2v) is 6.48. The fourth-order valence-electron chi connectivity index (χ4n) is 2.09. The lowest BCUT2D eigenvalue weighted by molar-refractivity contribution is 0.0697. The number of hydrogen-bond donors (Lipinski definition) is 2. The van der Waals surface area contributed by atoms with Crippen molar-refractivity contribution in [3.8, 4) is 12.3 Å². The fraction of sp³-hybridized carbons (Fsp3) is 0.467. The van der Waals surface area contributed by atoms with Crippen LogP contribution < -0.4 is 5.32 Å². The molecule has 0 saturated heterocycles. The Bertz CT molecular complexity index is 611. The summed E-state index contributed by atoms with van der Waals surface area (Å²) in [5.41, 5.74) is 0.853. The number of hydrogen-bond acceptors (Lipinski definition) is 3. The van der Waals surface area contributed by atoms with Crippen LogP contribution in [0.1, 0.15) is 33.6 Å². The Morgan fingerprint density at radius 3 is 2.67 bits per heavy atom. The third kappa shape index (κ3) is 3.56. The van der Waals surface area contributed by atoms with Crippen molar-refractivity contribution in [2.45, 2.75) is 26.7 Å². The molecule has 6 heteroatoms. The summed E-state index contributed by atoms with van der Waals surface area (Å²) in [6, 6.07) is -0.330. The van der Waals surface area contributed by atoms with Crippen molar-refractivity contribution in [3.63, 3.8) is 0 Å². The van der Waals surface area contributed by atoms with Gasteiger partial charge in [-0.15, -0.1) is 17.8 Å². The van der Waals surface area contributed by atoms with Gasteiger partial charge in [-0.25, -0.2) is 9.59 Å². The van der Waals surface area contributed by atoms with Crippen molar-refractivity contribution in [1.29, 1.82) is 0 Å². The summed E-state index contributed by atoms with van der Waals surface area (Å²) in [5.74, 6) is 1.97. The lowest BCUT2D eigenvalue weighted by Gasteiger charge is -2.20. The molecule has 0 unspecified atom stereocenters. The first kappa shape index (κ1) is 15.4. The number of carbonyl (C=O) groups excluding carboxylic acids is 1. The van der Waals surface area contributed by atoms with Gasteiger partial charge in [0.2, 0.25) is 0 Å². The molecule has 0 bridgehead atoms. The predicted molar refractivity (Wildman–Crippen MR) is 82.9 cm³/mol. The van der Waals surface area contributed by atoms with E-state index < -0.39 is 5.97 Å². The number of terminal acetylenes is 1. The van der Waals surface area contributed by atoms with Crippen molar-refractivity contribution in [3.05, 3.63) is 16.0 Å². The van der Waals surface area contributed by atoms with Crippen molar-refractivity contribution in [2.75, 3.05) is 18.4 Å². The average molecular weight is 306 g/mol. The molecule has 5 nitrogen and oxygen atoms in total. The average Bonchev–Trinajstić information content (AvgIpc) is 3.16. The van der Waals surface area contributed by atoms with Gasteiger partial charge in [-0.2, -0.15) is 0 Å². The van der Waals surface area contributed by atoms with E-state index in [2.05, 4.69) is 11.2 Å². The lowest BCUT2D eigenvalue weighted by Crippen LogP contribution is -2.36. The summed E-state index contributed by atoms with van der Waals surface area (Å²) in [6.07, 6.45) is 7.53. The van der Waals surface area contributed by atoms with E-state index in [4.69, 9.17) is 6.42 Å². The standard InChI is InChI=1S/C15H18N2O3S/c1-4-7-17(8-11-5-6-11)15(20)16-13-12(14(18)19)9(2)10(3)21-13/h1,11H,5-8H2,2-3H3,(H,16,20)(H,18,19). The molecule has 21 heavy (non-hydrogen) atoms. The molecule has 1 aromatic heterocycles. The van der Waals surface area contributed by atoms with Gasteiger partial charge >= 0.3 is 12.0 Å². The summed E-state index contributed by atoms with van der Waals surface area (Å²) in [6.45, 7) is 4.44. The molecule has 2 N–H and O–H groups in total. The van der Waals surface area contributed by atoms with Gasteiger partial charge in [-0.3, -0.25) is 5.32 Å². The van der Waals surface area contributed by atoms with Crippen LogP contribution in [-0.4, -0.2) is 35.1 Å². The minimum atomic E-state index is -1.03. The van der Waals surface area contributed by atoms with E-state index in [0.717, 1.165) is 17.7 Å². The topological polar surface area (TPSA) is 69.6 Å². The molecule has 0 spiro atoms. The van der Waals surface area contributed by atoms with Crippen LogP contribution in [0.4, 0.5) is 9.80 Å². The number of aryl methyl sites for hydroxylation is 1. The zero-order chi connectivity index (χ0) is 15.6. The van der Waals surface area contributed by atoms with Crippen LogP contribution in [-0.2, 0) is 0 Å². The van der Waals surface area contributed by atoms with Crippen molar-refractivity contribution in [1.82, 2.24) is 4.90 Å². The van der Waals surface area contributed by atoms with E-state index in [-0.39, 0.29) is 18.1 Å². The summed E-state index contributed by atoms with van der Waals surface area (Å²) >= 11 is 1.28. The van der Waals surface area contributed by atoms with Gasteiger partial charge in [0.1, 0.15) is 5.00 Å². The van der Waals surface area contributed by atoms with E-state index in [1.165, 1.54) is 11.3 Å². The molecule has 0 radical (unpaired) electrons. The number of urea groups is 1. The second kappa shape index (κ2) is 6.19. The quantitative estimate of drug-likeness (QED) is 0.822. The molecular formula is C15H18N2O3S. The highest BCUT2D eigenvalue weighted by Crippen LogP contribution is 2.33. The molecule has 1 aromatic rings. The minimum absolute atomic E-state index is 0.165. The number of rotatable bonds is 5. The molecule has 1 heterocycles. The van der Waals surface area contributed by atoms with E-state index in [0.29, 0.717) is 23.0 Å². The zero-order valence-corrected chi connectivity index (χ0v) is 12.9. The summed E-state index contributed by atoms with van der Waals surface area (Å²) in [5, 5.41) is 12.4. The smallest absolute Gasteiger partial charge is 0.338 e. The molecule has 1 aliphatic carbocycles. The number of nitrogens with zero attached hydrogens (tertiary/aromatic N) is 1. The molecule has 1 aliphatic rings. The van der Waals surface area contributed by atoms with Gasteiger partial charge in [0.15, 0.2) is 0 Å². The molecule has 2 rings (SSSR count). The van der Waals surface area contributed by atoms with Gasteiger partial charge < -0.3 is 10.0 Å². The third-order valence-corrected chi connectivity index (χ3v) is 4.69. The number of thiophene rings is 1. The maximum atomic E-state index is 12.3. The molecular weight excluding hydrogens is 288 g/mol. The Morgan fingerprint density at radius 2 is 2.14 bits per heavy atom. The highest BCUT2D eigenvalue weighted by molar-refractivity contribution is 7.16. The van der Waals surface area contributed by atoms with Crippen molar-refractivity contribution >= 4 is 28.3 Å². The van der Waals surface area contributed by atoms with E-state index in [9.17, 15) is 14.7 Å². The maximum Gasteiger partial charge on any atom is 0.338 e. The first-order valence-corrected chi connectivity index (χ1v) is 7.58. The number of nitrogens with one attached hydrogen (secondary N) is 1. The molecule has 0 aliphatic heterocycles. The molecule has 2 amide bonds. The lowest BCUT2D eigenvalue weighted by atomic mass is 10.1. The van der Waals surface area contributed by atoms with Crippen molar-refractivity contribution in [2.24, 2.45) is 5.92 Å². The number of amides is 2. The number of carbonyl (C=O) groups is 2. The molecule has 112 valence electrons. The van der Waals surface area contributed by atoms with Gasteiger partial charge in [0.25, 0.3) is 0 Å². The number of carboxylic acid groups (broad SMARTS) is 1. The van der Waals surface area contributed by atoms with Crippen LogP contribution in [0.5, 0.6) is 0 Å². The summed E-state index contributed by atoms with van der Waals surface area (Å²) < 4.78 is 0. The van der Waals surface area contributed by atoms with Crippen LogP contribution >= 0.6 is 11.3 Å². The van der Waals surface area contributed by atoms with Crippen LogP contribution in [0.25, 0.3) is 0 Å². The van der Waals surface area contributed by atoms with Gasteiger partial charge in [0, 0.05) is 11.4 Å². The SMILES string of the molecule is C#CCN(CC1CC1)C(=O)Nc1sc(C)c(C)c1C(=O)O. The van der Waals surface area contributed by atoms with Gasteiger partial charge in [-0.05, 0) is 38.2 Å². The molecule has 1 fully saturated rings. The molecule has 0 atom stereocenters. The Labute approximate surface area is 128 Å². The molecule has 0 aromatic carbocycles. The fourth-order valence-corrected chi connectivity index (χ4v) is 3.13.